The number of piperazine rings is 1. The van der Waals surface area contributed by atoms with Gasteiger partial charge >= 0.3 is 6.09 Å². The smallest absolute Gasteiger partial charge is 0.410 e. The first-order valence-electron chi connectivity index (χ1n) is 14.1. The van der Waals surface area contributed by atoms with Gasteiger partial charge < -0.3 is 24.2 Å². The molecule has 3 aliphatic heterocycles. The van der Waals surface area contributed by atoms with Crippen LogP contribution in [0.15, 0.2) is 18.2 Å². The summed E-state index contributed by atoms with van der Waals surface area (Å²) in [5.41, 5.74) is -1.50. The quantitative estimate of drug-likeness (QED) is 0.414. The summed E-state index contributed by atoms with van der Waals surface area (Å²) in [6.07, 6.45) is 0.0304. The van der Waals surface area contributed by atoms with E-state index >= 15 is 4.39 Å². The van der Waals surface area contributed by atoms with Crippen molar-refractivity contribution >= 4 is 51.1 Å². The lowest BCUT2D eigenvalue weighted by atomic mass is 10.00. The van der Waals surface area contributed by atoms with Gasteiger partial charge in [0.1, 0.15) is 34.4 Å². The van der Waals surface area contributed by atoms with E-state index in [1.807, 2.05) is 13.8 Å². The van der Waals surface area contributed by atoms with E-state index in [0.717, 1.165) is 6.26 Å². The Morgan fingerprint density at radius 1 is 1.16 bits per heavy atom. The van der Waals surface area contributed by atoms with E-state index in [4.69, 9.17) is 41.8 Å². The zero-order valence-corrected chi connectivity index (χ0v) is 27.6. The highest BCUT2D eigenvalue weighted by Crippen LogP contribution is 2.48. The van der Waals surface area contributed by atoms with Crippen LogP contribution in [0, 0.1) is 5.82 Å². The lowest BCUT2D eigenvalue weighted by Gasteiger charge is -2.40. The van der Waals surface area contributed by atoms with Crippen LogP contribution < -0.4 is 9.64 Å². The fourth-order valence-electron chi connectivity index (χ4n) is 5.89. The fraction of sp³-hybridized carbons (Fsp3) is 0.552. The minimum absolute atomic E-state index is 0.00233. The largest absolute Gasteiger partial charge is 0.489 e. The number of carbonyl (C=O) groups is 2. The van der Waals surface area contributed by atoms with Gasteiger partial charge in [0.05, 0.1) is 34.7 Å². The number of fused-ring (bicyclic) bond motifs is 2. The number of ether oxygens (including phenoxy) is 2. The number of anilines is 1. The number of nitrogens with zero attached hydrogens (tertiary/aromatic N) is 4. The van der Waals surface area contributed by atoms with Crippen molar-refractivity contribution in [2.75, 3.05) is 43.9 Å². The second kappa shape index (κ2) is 11.5. The molecular weight excluding hydrogens is 638 g/mol. The number of halogens is 3. The zero-order valence-electron chi connectivity index (χ0n) is 25.3. The van der Waals surface area contributed by atoms with Gasteiger partial charge in [0.15, 0.2) is 5.75 Å². The number of carbonyl (C=O) groups excluding carboxylic acids is 2. The first-order valence-corrected chi connectivity index (χ1v) is 16.7. The number of benzene rings is 1. The highest BCUT2D eigenvalue weighted by Gasteiger charge is 2.47. The Bertz CT molecular complexity index is 1600. The van der Waals surface area contributed by atoms with Crippen molar-refractivity contribution in [1.82, 2.24) is 14.8 Å². The number of rotatable bonds is 4. The summed E-state index contributed by atoms with van der Waals surface area (Å²) in [5.74, 6) is -0.992. The second-order valence-corrected chi connectivity index (χ2v) is 15.2. The lowest BCUT2D eigenvalue weighted by molar-refractivity contribution is 0.000951. The molecule has 240 valence electrons. The molecule has 0 spiro atoms. The molecule has 2 saturated heterocycles. The lowest BCUT2D eigenvalue weighted by Crippen LogP contribution is -2.58. The van der Waals surface area contributed by atoms with Crippen molar-refractivity contribution in [3.63, 3.8) is 0 Å². The Morgan fingerprint density at radius 2 is 1.86 bits per heavy atom. The van der Waals surface area contributed by atoms with E-state index in [1.165, 1.54) is 23.1 Å². The predicted octanol–water partition coefficient (Wildman–Crippen LogP) is 4.98. The van der Waals surface area contributed by atoms with Gasteiger partial charge in [-0.25, -0.2) is 14.2 Å². The van der Waals surface area contributed by atoms with Crippen LogP contribution in [0.25, 0.3) is 11.3 Å². The Labute approximate surface area is 266 Å². The molecule has 2 fully saturated rings. The van der Waals surface area contributed by atoms with Crippen LogP contribution in [0.1, 0.15) is 51.4 Å². The molecule has 5 rings (SSSR count). The van der Waals surface area contributed by atoms with Crippen LogP contribution >= 0.6 is 23.2 Å². The maximum atomic E-state index is 15.2. The van der Waals surface area contributed by atoms with Crippen LogP contribution in [-0.4, -0.2) is 97.5 Å². The van der Waals surface area contributed by atoms with E-state index in [-0.39, 0.29) is 71.2 Å². The van der Waals surface area contributed by atoms with E-state index in [1.54, 1.807) is 30.6 Å². The van der Waals surface area contributed by atoms with Crippen LogP contribution in [0.2, 0.25) is 10.0 Å². The summed E-state index contributed by atoms with van der Waals surface area (Å²) in [6.45, 7) is 9.66. The molecule has 0 N–H and O–H groups in total. The summed E-state index contributed by atoms with van der Waals surface area (Å²) >= 11 is 13.3. The molecule has 3 aliphatic rings. The van der Waals surface area contributed by atoms with Gasteiger partial charge in [-0.1, -0.05) is 29.3 Å². The summed E-state index contributed by atoms with van der Waals surface area (Å²) in [4.78, 5) is 36.9. The summed E-state index contributed by atoms with van der Waals surface area (Å²) < 4.78 is 56.3. The number of aromatic nitrogens is 1. The molecule has 0 radical (unpaired) electrons. The van der Waals surface area contributed by atoms with Gasteiger partial charge in [0, 0.05) is 31.7 Å². The Hall–Kier alpha value is -2.87. The first-order chi connectivity index (χ1) is 20.4. The number of amides is 2. The molecule has 15 heteroatoms. The van der Waals surface area contributed by atoms with Gasteiger partial charge in [-0.05, 0) is 53.2 Å². The molecule has 0 aliphatic carbocycles. The van der Waals surface area contributed by atoms with E-state index in [9.17, 15) is 18.0 Å². The molecule has 4 heterocycles. The molecule has 11 nitrogen and oxygen atoms in total. The van der Waals surface area contributed by atoms with Crippen molar-refractivity contribution in [2.24, 2.45) is 0 Å². The summed E-state index contributed by atoms with van der Waals surface area (Å²) in [6, 6.07) is 3.62. The van der Waals surface area contributed by atoms with Crippen molar-refractivity contribution in [3.05, 3.63) is 39.6 Å². The van der Waals surface area contributed by atoms with E-state index < -0.39 is 51.2 Å². The van der Waals surface area contributed by atoms with Gasteiger partial charge in [0.25, 0.3) is 16.0 Å². The normalized spacial score (nSPS) is 21.8. The topological polar surface area (TPSA) is 119 Å². The van der Waals surface area contributed by atoms with Gasteiger partial charge in [-0.15, -0.1) is 0 Å². The third-order valence-corrected chi connectivity index (χ3v) is 9.00. The first kappa shape index (κ1) is 32.5. The standard InChI is InChI=1S/C29H35Cl2FN4O7S/c1-28(2,3)42-27(38)34-10-11-35-16(13-34)15-41-24-21(26(35)37)25(36-14-17(12-29(36,4)5)43-44(6,39)40)33-23(22(24)31)20-18(30)8-7-9-19(20)32/h7-9,16-17H,10-15H2,1-6H3/t16-,17?/m1/s1. The second-order valence-electron chi connectivity index (χ2n) is 12.8. The third kappa shape index (κ3) is 6.42. The minimum atomic E-state index is -3.78. The monoisotopic (exact) mass is 672 g/mol. The van der Waals surface area contributed by atoms with Crippen molar-refractivity contribution in [1.29, 1.82) is 0 Å². The van der Waals surface area contributed by atoms with Crippen molar-refractivity contribution in [2.45, 2.75) is 64.3 Å². The molecule has 0 bridgehead atoms. The molecule has 44 heavy (non-hydrogen) atoms. The highest BCUT2D eigenvalue weighted by molar-refractivity contribution is 7.86. The SMILES string of the molecule is CC(C)(C)OC(=O)N1CCN2C(=O)c3c(N4CC(OS(C)(=O)=O)CC4(C)C)nc(-c4c(F)cccc4Cl)c(Cl)c3OC[C@H]2C1. The number of hydrogen-bond donors (Lipinski definition) is 0. The molecule has 2 atom stereocenters. The summed E-state index contributed by atoms with van der Waals surface area (Å²) in [5, 5.41) is -0.0523. The van der Waals surface area contributed by atoms with Gasteiger partial charge in [0.2, 0.25) is 0 Å². The Kier molecular flexibility index (Phi) is 8.49. The van der Waals surface area contributed by atoms with Crippen molar-refractivity contribution < 1.29 is 36.1 Å². The Balaban J connectivity index is 1.62. The van der Waals surface area contributed by atoms with Crippen LogP contribution in [0.4, 0.5) is 15.0 Å². The van der Waals surface area contributed by atoms with Crippen molar-refractivity contribution in [3.8, 4) is 17.0 Å². The molecule has 1 unspecified atom stereocenters. The average Bonchev–Trinajstić information content (AvgIpc) is 3.09. The number of pyridine rings is 1. The maximum absolute atomic E-state index is 15.2. The summed E-state index contributed by atoms with van der Waals surface area (Å²) in [7, 11) is -3.78. The maximum Gasteiger partial charge on any atom is 0.410 e. The molecular formula is C29H35Cl2FN4O7S. The average molecular weight is 674 g/mol. The highest BCUT2D eigenvalue weighted by atomic mass is 35.5. The van der Waals surface area contributed by atoms with Gasteiger partial charge in [-0.3, -0.25) is 8.98 Å². The third-order valence-electron chi connectivity index (χ3n) is 7.72. The number of hydrogen-bond acceptors (Lipinski definition) is 9. The fourth-order valence-corrected chi connectivity index (χ4v) is 7.05. The Morgan fingerprint density at radius 3 is 2.50 bits per heavy atom. The molecule has 2 aromatic rings. The molecule has 2 amide bonds. The predicted molar refractivity (Wildman–Crippen MR) is 164 cm³/mol. The van der Waals surface area contributed by atoms with E-state index in [2.05, 4.69) is 0 Å². The van der Waals surface area contributed by atoms with Gasteiger partial charge in [-0.2, -0.15) is 8.42 Å². The molecule has 1 aromatic heterocycles. The minimum Gasteiger partial charge on any atom is -0.489 e. The zero-order chi connectivity index (χ0) is 32.4. The molecule has 1 aromatic carbocycles. The van der Waals surface area contributed by atoms with E-state index in [0.29, 0.717) is 6.42 Å². The van der Waals surface area contributed by atoms with Crippen LogP contribution in [-0.2, 0) is 19.0 Å². The van der Waals surface area contributed by atoms with Crippen LogP contribution in [0.3, 0.4) is 0 Å². The molecule has 0 saturated carbocycles. The van der Waals surface area contributed by atoms with Crippen LogP contribution in [0.5, 0.6) is 5.75 Å².